The van der Waals surface area contributed by atoms with Crippen LogP contribution in [-0.4, -0.2) is 25.8 Å². The highest BCUT2D eigenvalue weighted by molar-refractivity contribution is 6.02. The van der Waals surface area contributed by atoms with Crippen molar-refractivity contribution in [2.45, 2.75) is 6.92 Å². The molecule has 0 aliphatic rings. The molecule has 0 aliphatic heterocycles. The molecule has 4 rings (SSSR count). The quantitative estimate of drug-likeness (QED) is 0.226. The summed E-state index contributed by atoms with van der Waals surface area (Å²) in [4.78, 5) is 35.7. The molecule has 2 aromatic heterocycles. The first-order chi connectivity index (χ1) is 16.5. The van der Waals surface area contributed by atoms with Crippen molar-refractivity contribution < 1.29 is 9.72 Å². The molecular formula is C25H20N6O3. The van der Waals surface area contributed by atoms with Crippen LogP contribution in [0.5, 0.6) is 0 Å². The average molecular weight is 452 g/mol. The van der Waals surface area contributed by atoms with E-state index in [0.717, 1.165) is 22.5 Å². The number of aryl methyl sites for hydroxylation is 1. The Balaban J connectivity index is 1.47. The number of nitrogens with one attached hydrogen (secondary N) is 2. The van der Waals surface area contributed by atoms with E-state index in [2.05, 4.69) is 25.6 Å². The van der Waals surface area contributed by atoms with Gasteiger partial charge in [-0.05, 0) is 54.5 Å². The molecule has 0 fully saturated rings. The zero-order chi connectivity index (χ0) is 23.9. The summed E-state index contributed by atoms with van der Waals surface area (Å²) in [7, 11) is 0. The minimum atomic E-state index is -0.478. The molecule has 9 heteroatoms. The molecule has 2 aromatic carbocycles. The van der Waals surface area contributed by atoms with E-state index < -0.39 is 4.92 Å². The number of carbonyl (C=O) groups is 1. The fourth-order valence-corrected chi connectivity index (χ4v) is 3.15. The van der Waals surface area contributed by atoms with Gasteiger partial charge in [0.2, 0.25) is 11.9 Å². The average Bonchev–Trinajstić information content (AvgIpc) is 2.86. The number of aromatic nitrogens is 3. The molecule has 168 valence electrons. The number of rotatable bonds is 7. The molecule has 34 heavy (non-hydrogen) atoms. The number of nitro benzene ring substituents is 1. The van der Waals surface area contributed by atoms with Crippen LogP contribution < -0.4 is 10.6 Å². The predicted molar refractivity (Wildman–Crippen MR) is 130 cm³/mol. The maximum atomic E-state index is 12.4. The molecule has 9 nitrogen and oxygen atoms in total. The number of pyridine rings is 1. The molecule has 0 spiro atoms. The lowest BCUT2D eigenvalue weighted by Crippen LogP contribution is -2.08. The lowest BCUT2D eigenvalue weighted by Gasteiger charge is -2.11. The summed E-state index contributed by atoms with van der Waals surface area (Å²) in [5.74, 6) is 0.0506. The van der Waals surface area contributed by atoms with E-state index >= 15 is 0 Å². The van der Waals surface area contributed by atoms with Gasteiger partial charge in [0.25, 0.3) is 5.69 Å². The molecular weight excluding hydrogens is 432 g/mol. The molecule has 0 aliphatic carbocycles. The number of amides is 1. The van der Waals surface area contributed by atoms with Gasteiger partial charge in [-0.15, -0.1) is 0 Å². The summed E-state index contributed by atoms with van der Waals surface area (Å²) >= 11 is 0. The molecule has 0 radical (unpaired) electrons. The van der Waals surface area contributed by atoms with E-state index in [-0.39, 0.29) is 11.6 Å². The molecule has 4 aromatic rings. The summed E-state index contributed by atoms with van der Waals surface area (Å²) < 4.78 is 0. The van der Waals surface area contributed by atoms with Crippen LogP contribution in [0.25, 0.3) is 17.3 Å². The molecule has 2 N–H and O–H groups in total. The lowest BCUT2D eigenvalue weighted by molar-refractivity contribution is -0.384. The van der Waals surface area contributed by atoms with Gasteiger partial charge in [0.05, 0.1) is 10.6 Å². The number of hydrogen-bond donors (Lipinski definition) is 2. The van der Waals surface area contributed by atoms with Crippen molar-refractivity contribution in [3.63, 3.8) is 0 Å². The first-order valence-corrected chi connectivity index (χ1v) is 10.3. The van der Waals surface area contributed by atoms with Crippen LogP contribution in [0.15, 0.2) is 85.3 Å². The number of nitrogens with zero attached hydrogens (tertiary/aromatic N) is 4. The molecule has 0 bridgehead atoms. The predicted octanol–water partition coefficient (Wildman–Crippen LogP) is 5.15. The van der Waals surface area contributed by atoms with Crippen LogP contribution in [0.3, 0.4) is 0 Å². The van der Waals surface area contributed by atoms with E-state index in [1.165, 1.54) is 24.3 Å². The number of nitro groups is 1. The van der Waals surface area contributed by atoms with E-state index in [1.807, 2.05) is 25.1 Å². The number of benzene rings is 2. The summed E-state index contributed by atoms with van der Waals surface area (Å²) in [6.07, 6.45) is 7.94. The fourth-order valence-electron chi connectivity index (χ4n) is 3.15. The molecule has 2 heterocycles. The van der Waals surface area contributed by atoms with Crippen molar-refractivity contribution in [1.82, 2.24) is 15.0 Å². The first-order valence-electron chi connectivity index (χ1n) is 10.3. The van der Waals surface area contributed by atoms with Crippen molar-refractivity contribution in [3.05, 3.63) is 107 Å². The van der Waals surface area contributed by atoms with E-state index in [0.29, 0.717) is 17.2 Å². The highest BCUT2D eigenvalue weighted by atomic mass is 16.6. The van der Waals surface area contributed by atoms with Crippen LogP contribution in [0.4, 0.5) is 23.0 Å². The van der Waals surface area contributed by atoms with Crippen molar-refractivity contribution >= 4 is 35.0 Å². The molecule has 0 unspecified atom stereocenters. The summed E-state index contributed by atoms with van der Waals surface area (Å²) in [6, 6.07) is 17.1. The van der Waals surface area contributed by atoms with E-state index in [1.54, 1.807) is 48.9 Å². The van der Waals surface area contributed by atoms with Gasteiger partial charge in [0, 0.05) is 53.7 Å². The summed E-state index contributed by atoms with van der Waals surface area (Å²) in [5, 5.41) is 16.9. The van der Waals surface area contributed by atoms with Gasteiger partial charge in [-0.3, -0.25) is 19.9 Å². The van der Waals surface area contributed by atoms with Crippen LogP contribution in [0.1, 0.15) is 11.1 Å². The molecule has 1 amide bonds. The first kappa shape index (κ1) is 22.3. The zero-order valence-corrected chi connectivity index (χ0v) is 18.2. The van der Waals surface area contributed by atoms with Crippen LogP contribution >= 0.6 is 0 Å². The third-order valence-electron chi connectivity index (χ3n) is 4.87. The van der Waals surface area contributed by atoms with Gasteiger partial charge in [0.15, 0.2) is 0 Å². The van der Waals surface area contributed by atoms with E-state index in [4.69, 9.17) is 0 Å². The number of anilines is 3. The highest BCUT2D eigenvalue weighted by Crippen LogP contribution is 2.24. The van der Waals surface area contributed by atoms with E-state index in [9.17, 15) is 14.9 Å². The van der Waals surface area contributed by atoms with Gasteiger partial charge < -0.3 is 10.6 Å². The molecule has 0 saturated heterocycles. The minimum Gasteiger partial charge on any atom is -0.324 e. The second-order valence-electron chi connectivity index (χ2n) is 7.34. The summed E-state index contributed by atoms with van der Waals surface area (Å²) in [5.41, 5.74) is 4.39. The van der Waals surface area contributed by atoms with Crippen LogP contribution in [0, 0.1) is 17.0 Å². The minimum absolute atomic E-state index is 0.0355. The number of carbonyl (C=O) groups excluding carboxylic acids is 1. The van der Waals surface area contributed by atoms with Gasteiger partial charge in [0.1, 0.15) is 0 Å². The molecule has 0 saturated carbocycles. The SMILES string of the molecule is Cc1ccc(NC(=O)/C=C/c2cccc([N+](=O)[O-])c2)cc1Nc1nccc(-c2cccnc2)n1. The number of hydrogen-bond acceptors (Lipinski definition) is 7. The van der Waals surface area contributed by atoms with Crippen molar-refractivity contribution in [3.8, 4) is 11.3 Å². The number of non-ortho nitro benzene ring substituents is 1. The summed E-state index contributed by atoms with van der Waals surface area (Å²) in [6.45, 7) is 1.93. The second kappa shape index (κ2) is 10.1. The van der Waals surface area contributed by atoms with Crippen molar-refractivity contribution in [2.75, 3.05) is 10.6 Å². The van der Waals surface area contributed by atoms with Gasteiger partial charge in [-0.25, -0.2) is 9.97 Å². The normalized spacial score (nSPS) is 10.7. The maximum Gasteiger partial charge on any atom is 0.270 e. The molecule has 0 atom stereocenters. The zero-order valence-electron chi connectivity index (χ0n) is 18.2. The Morgan fingerprint density at radius 2 is 1.94 bits per heavy atom. The highest BCUT2D eigenvalue weighted by Gasteiger charge is 2.08. The fraction of sp³-hybridized carbons (Fsp3) is 0.0400. The Kier molecular flexibility index (Phi) is 6.64. The Morgan fingerprint density at radius 3 is 2.74 bits per heavy atom. The largest absolute Gasteiger partial charge is 0.324 e. The maximum absolute atomic E-state index is 12.4. The third kappa shape index (κ3) is 5.65. The Labute approximate surface area is 195 Å². The van der Waals surface area contributed by atoms with Crippen molar-refractivity contribution in [1.29, 1.82) is 0 Å². The Hall–Kier alpha value is -4.92. The van der Waals surface area contributed by atoms with Crippen LogP contribution in [0.2, 0.25) is 0 Å². The van der Waals surface area contributed by atoms with Crippen LogP contribution in [-0.2, 0) is 4.79 Å². The smallest absolute Gasteiger partial charge is 0.270 e. The standard InChI is InChI=1S/C25H20N6O3/c1-17-7-9-20(28-24(32)10-8-18-4-2-6-21(14-18)31(33)34)15-23(17)30-25-27-13-11-22(29-25)19-5-3-12-26-16-19/h2-16H,1H3,(H,28,32)(H,27,29,30)/b10-8+. The monoisotopic (exact) mass is 452 g/mol. The van der Waals surface area contributed by atoms with Crippen molar-refractivity contribution in [2.24, 2.45) is 0 Å². The third-order valence-corrected chi connectivity index (χ3v) is 4.87. The van der Waals surface area contributed by atoms with Gasteiger partial charge >= 0.3 is 0 Å². The Morgan fingerprint density at radius 1 is 1.06 bits per heavy atom. The second-order valence-corrected chi connectivity index (χ2v) is 7.34. The van der Waals surface area contributed by atoms with Gasteiger partial charge in [-0.2, -0.15) is 0 Å². The lowest BCUT2D eigenvalue weighted by atomic mass is 10.1. The van der Waals surface area contributed by atoms with Gasteiger partial charge in [-0.1, -0.05) is 18.2 Å². The Bertz CT molecular complexity index is 1370. The topological polar surface area (TPSA) is 123 Å².